The van der Waals surface area contributed by atoms with Crippen LogP contribution in [0.25, 0.3) is 11.1 Å². The number of hydrogen-bond acceptors (Lipinski definition) is 6. The number of unbranched alkanes of at least 4 members (excludes halogenated alkanes) is 1. The van der Waals surface area contributed by atoms with Crippen molar-refractivity contribution in [3.8, 4) is 0 Å². The van der Waals surface area contributed by atoms with Gasteiger partial charge >= 0.3 is 5.97 Å². The molecule has 28 heavy (non-hydrogen) atoms. The summed E-state index contributed by atoms with van der Waals surface area (Å²) >= 11 is 0. The minimum atomic E-state index is -3.65. The van der Waals surface area contributed by atoms with Gasteiger partial charge in [-0.2, -0.15) is 0 Å². The summed E-state index contributed by atoms with van der Waals surface area (Å²) in [6.45, 7) is 0.926. The molecule has 0 amide bonds. The standard InChI is InChI=1S/C20H22N2O5S/c23-20(24)15-7-1-4-10-18(15)28(25,26)14-13-21-12-6-5-11-19-22-16-8-2-3-9-17(16)27-19/h1-4,7-10,21H,5-6,11-14H2,(H,23,24). The lowest BCUT2D eigenvalue weighted by Crippen LogP contribution is -2.25. The predicted molar refractivity (Wildman–Crippen MR) is 105 cm³/mol. The van der Waals surface area contributed by atoms with E-state index in [1.165, 1.54) is 24.3 Å². The summed E-state index contributed by atoms with van der Waals surface area (Å²) in [5.74, 6) is -0.692. The number of carboxylic acids is 1. The Morgan fingerprint density at radius 1 is 1.04 bits per heavy atom. The number of aromatic carboxylic acids is 1. The Labute approximate surface area is 163 Å². The van der Waals surface area contributed by atoms with E-state index in [0.29, 0.717) is 12.4 Å². The summed E-state index contributed by atoms with van der Waals surface area (Å²) in [5.41, 5.74) is 1.44. The summed E-state index contributed by atoms with van der Waals surface area (Å²) in [7, 11) is -3.65. The molecule has 8 heteroatoms. The van der Waals surface area contributed by atoms with Crippen LogP contribution >= 0.6 is 0 Å². The van der Waals surface area contributed by atoms with E-state index < -0.39 is 15.8 Å². The zero-order valence-corrected chi connectivity index (χ0v) is 16.1. The van der Waals surface area contributed by atoms with Crippen molar-refractivity contribution in [2.75, 3.05) is 18.8 Å². The van der Waals surface area contributed by atoms with Crippen LogP contribution in [0.1, 0.15) is 29.1 Å². The molecule has 0 unspecified atom stereocenters. The third kappa shape index (κ3) is 4.96. The Hall–Kier alpha value is -2.71. The fraction of sp³-hybridized carbons (Fsp3) is 0.300. The number of oxazole rings is 1. The van der Waals surface area contributed by atoms with Crippen molar-refractivity contribution < 1.29 is 22.7 Å². The second-order valence-corrected chi connectivity index (χ2v) is 8.48. The van der Waals surface area contributed by atoms with E-state index in [1.54, 1.807) is 0 Å². The number of aryl methyl sites for hydroxylation is 1. The molecule has 0 aliphatic rings. The number of fused-ring (bicyclic) bond motifs is 1. The summed E-state index contributed by atoms with van der Waals surface area (Å²) in [6, 6.07) is 13.3. The van der Waals surface area contributed by atoms with Crippen LogP contribution in [0, 0.1) is 0 Å². The fourth-order valence-corrected chi connectivity index (χ4v) is 4.32. The van der Waals surface area contributed by atoms with Gasteiger partial charge in [0.25, 0.3) is 0 Å². The summed E-state index contributed by atoms with van der Waals surface area (Å²) in [4.78, 5) is 15.5. The second-order valence-electron chi connectivity index (χ2n) is 6.40. The first-order chi connectivity index (χ1) is 13.5. The van der Waals surface area contributed by atoms with Crippen LogP contribution in [-0.4, -0.2) is 43.3 Å². The van der Waals surface area contributed by atoms with Crippen LogP contribution in [0.15, 0.2) is 57.8 Å². The molecule has 2 N–H and O–H groups in total. The minimum Gasteiger partial charge on any atom is -0.478 e. The monoisotopic (exact) mass is 402 g/mol. The molecule has 1 heterocycles. The zero-order valence-electron chi connectivity index (χ0n) is 15.3. The SMILES string of the molecule is O=C(O)c1ccccc1S(=O)(=O)CCNCCCCc1nc2ccccc2o1. The Kier molecular flexibility index (Phi) is 6.43. The topological polar surface area (TPSA) is 110 Å². The van der Waals surface area contributed by atoms with Crippen molar-refractivity contribution in [2.24, 2.45) is 0 Å². The number of aromatic nitrogens is 1. The quantitative estimate of drug-likeness (QED) is 0.502. The van der Waals surface area contributed by atoms with Crippen molar-refractivity contribution >= 4 is 26.9 Å². The maximum absolute atomic E-state index is 12.4. The minimum absolute atomic E-state index is 0.139. The van der Waals surface area contributed by atoms with Crippen molar-refractivity contribution in [1.82, 2.24) is 10.3 Å². The lowest BCUT2D eigenvalue weighted by atomic mass is 10.2. The van der Waals surface area contributed by atoms with Gasteiger partial charge in [-0.3, -0.25) is 0 Å². The molecule has 7 nitrogen and oxygen atoms in total. The predicted octanol–water partition coefficient (Wildman–Crippen LogP) is 2.91. The lowest BCUT2D eigenvalue weighted by molar-refractivity contribution is 0.0692. The third-order valence-corrected chi connectivity index (χ3v) is 6.10. The molecule has 0 saturated carbocycles. The number of benzene rings is 2. The number of sulfone groups is 1. The van der Waals surface area contributed by atoms with Gasteiger partial charge in [-0.15, -0.1) is 0 Å². The molecule has 1 aromatic heterocycles. The van der Waals surface area contributed by atoms with Gasteiger partial charge in [-0.05, 0) is 43.7 Å². The molecule has 148 valence electrons. The maximum Gasteiger partial charge on any atom is 0.337 e. The van der Waals surface area contributed by atoms with Gasteiger partial charge in [0, 0.05) is 13.0 Å². The molecular formula is C20H22N2O5S. The fourth-order valence-electron chi connectivity index (χ4n) is 2.91. The third-order valence-electron chi connectivity index (χ3n) is 4.33. The van der Waals surface area contributed by atoms with Gasteiger partial charge in [-0.25, -0.2) is 18.2 Å². The van der Waals surface area contributed by atoms with Gasteiger partial charge in [0.2, 0.25) is 0 Å². The van der Waals surface area contributed by atoms with E-state index in [9.17, 15) is 13.2 Å². The van der Waals surface area contributed by atoms with E-state index in [4.69, 9.17) is 9.52 Å². The van der Waals surface area contributed by atoms with Gasteiger partial charge in [0.05, 0.1) is 16.2 Å². The highest BCUT2D eigenvalue weighted by molar-refractivity contribution is 7.91. The Morgan fingerprint density at radius 2 is 1.79 bits per heavy atom. The lowest BCUT2D eigenvalue weighted by Gasteiger charge is -2.08. The molecule has 0 aliphatic carbocycles. The van der Waals surface area contributed by atoms with E-state index in [2.05, 4.69) is 10.3 Å². The van der Waals surface area contributed by atoms with Gasteiger partial charge in [0.15, 0.2) is 21.3 Å². The summed E-state index contributed by atoms with van der Waals surface area (Å²) < 4.78 is 30.4. The van der Waals surface area contributed by atoms with Gasteiger partial charge in [0.1, 0.15) is 5.52 Å². The molecule has 3 aromatic rings. The number of hydrogen-bond donors (Lipinski definition) is 2. The normalized spacial score (nSPS) is 11.7. The van der Waals surface area contributed by atoms with Gasteiger partial charge < -0.3 is 14.8 Å². The number of carbonyl (C=O) groups is 1. The van der Waals surface area contributed by atoms with E-state index in [-0.39, 0.29) is 22.8 Å². The first-order valence-corrected chi connectivity index (χ1v) is 10.7. The molecule has 0 bridgehead atoms. The molecule has 0 radical (unpaired) electrons. The molecule has 0 aliphatic heterocycles. The Balaban J connectivity index is 1.40. The number of carboxylic acid groups (broad SMARTS) is 1. The molecule has 3 rings (SSSR count). The average molecular weight is 402 g/mol. The number of nitrogens with zero attached hydrogens (tertiary/aromatic N) is 1. The van der Waals surface area contributed by atoms with Crippen LogP contribution in [0.2, 0.25) is 0 Å². The number of rotatable bonds is 10. The van der Waals surface area contributed by atoms with Crippen LogP contribution in [-0.2, 0) is 16.3 Å². The van der Waals surface area contributed by atoms with E-state index in [0.717, 1.165) is 30.4 Å². The highest BCUT2D eigenvalue weighted by Gasteiger charge is 2.21. The highest BCUT2D eigenvalue weighted by atomic mass is 32.2. The molecule has 2 aromatic carbocycles. The first-order valence-electron chi connectivity index (χ1n) is 9.07. The molecule has 0 saturated heterocycles. The smallest absolute Gasteiger partial charge is 0.337 e. The number of para-hydroxylation sites is 2. The molecule has 0 fully saturated rings. The second kappa shape index (κ2) is 8.99. The molecule has 0 atom stereocenters. The Morgan fingerprint density at radius 3 is 2.57 bits per heavy atom. The van der Waals surface area contributed by atoms with Crippen LogP contribution in [0.3, 0.4) is 0 Å². The highest BCUT2D eigenvalue weighted by Crippen LogP contribution is 2.17. The van der Waals surface area contributed by atoms with Crippen molar-refractivity contribution in [3.63, 3.8) is 0 Å². The van der Waals surface area contributed by atoms with Crippen molar-refractivity contribution in [2.45, 2.75) is 24.2 Å². The number of nitrogens with one attached hydrogen (secondary N) is 1. The Bertz CT molecular complexity index is 1030. The first kappa shape index (κ1) is 20.0. The van der Waals surface area contributed by atoms with Crippen molar-refractivity contribution in [1.29, 1.82) is 0 Å². The van der Waals surface area contributed by atoms with E-state index >= 15 is 0 Å². The van der Waals surface area contributed by atoms with E-state index in [1.807, 2.05) is 24.3 Å². The largest absolute Gasteiger partial charge is 0.478 e. The summed E-state index contributed by atoms with van der Waals surface area (Å²) in [6.07, 6.45) is 2.44. The maximum atomic E-state index is 12.4. The summed E-state index contributed by atoms with van der Waals surface area (Å²) in [5, 5.41) is 12.2. The van der Waals surface area contributed by atoms with Crippen molar-refractivity contribution in [3.05, 3.63) is 60.0 Å². The average Bonchev–Trinajstić information content (AvgIpc) is 3.10. The zero-order chi connectivity index (χ0) is 20.0. The van der Waals surface area contributed by atoms with Crippen LogP contribution in [0.5, 0.6) is 0 Å². The van der Waals surface area contributed by atoms with Crippen LogP contribution < -0.4 is 5.32 Å². The molecular weight excluding hydrogens is 380 g/mol. The molecule has 0 spiro atoms. The van der Waals surface area contributed by atoms with Gasteiger partial charge in [-0.1, -0.05) is 24.3 Å². The van der Waals surface area contributed by atoms with Crippen LogP contribution in [0.4, 0.5) is 0 Å².